The zero-order chi connectivity index (χ0) is 27.1. The summed E-state index contributed by atoms with van der Waals surface area (Å²) in [5.41, 5.74) is 0.711. The van der Waals surface area contributed by atoms with E-state index in [2.05, 4.69) is 26.8 Å². The van der Waals surface area contributed by atoms with Crippen molar-refractivity contribution in [1.29, 1.82) is 0 Å². The van der Waals surface area contributed by atoms with Crippen molar-refractivity contribution < 1.29 is 32.5 Å². The van der Waals surface area contributed by atoms with Gasteiger partial charge in [-0.3, -0.25) is 4.90 Å². The molecule has 5 rings (SSSR count). The third kappa shape index (κ3) is 6.06. The summed E-state index contributed by atoms with van der Waals surface area (Å²) in [6.07, 6.45) is 5.92. The van der Waals surface area contributed by atoms with Crippen molar-refractivity contribution in [2.45, 2.75) is 102 Å². The van der Waals surface area contributed by atoms with Gasteiger partial charge in [-0.15, -0.1) is 0 Å². The average Bonchev–Trinajstić information content (AvgIpc) is 3.75. The number of hydrogen-bond donors (Lipinski definition) is 0. The predicted molar refractivity (Wildman–Crippen MR) is 139 cm³/mol. The Bertz CT molecular complexity index is 865. The van der Waals surface area contributed by atoms with E-state index in [9.17, 15) is 13.6 Å². The Kier molecular flexibility index (Phi) is 8.40. The summed E-state index contributed by atoms with van der Waals surface area (Å²) in [6, 6.07) is 0. The standard InChI is InChI=1S/C29H46F2N2O5/c1-19(2)5-8-23-28(3,38-23)26-25(35-4)22(9-12-29(26)18-36-29)37-27(34)33-15-21(16-33)7-6-20-10-13-32(14-11-20)17-24(30)31/h5,20-26H,6-18H2,1-4H3/t22-,23-,25-,26?,28+,29+/m1/s1. The van der Waals surface area contributed by atoms with Gasteiger partial charge in [-0.05, 0) is 90.6 Å². The first kappa shape index (κ1) is 28.2. The molecule has 1 unspecified atom stereocenters. The number of carbonyl (C=O) groups is 1. The van der Waals surface area contributed by atoms with E-state index in [1.54, 1.807) is 7.11 Å². The van der Waals surface area contributed by atoms with E-state index in [4.69, 9.17) is 18.9 Å². The number of epoxide rings is 2. The molecule has 1 amide bonds. The lowest BCUT2D eigenvalue weighted by Crippen LogP contribution is -2.57. The van der Waals surface area contributed by atoms with Crippen LogP contribution in [0.5, 0.6) is 0 Å². The number of nitrogens with zero attached hydrogens (tertiary/aromatic N) is 2. The van der Waals surface area contributed by atoms with Crippen molar-refractivity contribution in [3.8, 4) is 0 Å². The molecular weight excluding hydrogens is 494 g/mol. The lowest BCUT2D eigenvalue weighted by Gasteiger charge is -2.44. The number of hydrogen-bond acceptors (Lipinski definition) is 6. The Labute approximate surface area is 226 Å². The van der Waals surface area contributed by atoms with Crippen LogP contribution in [0.1, 0.15) is 65.7 Å². The zero-order valence-corrected chi connectivity index (χ0v) is 23.5. The number of rotatable bonds is 10. The summed E-state index contributed by atoms with van der Waals surface area (Å²) in [6.45, 7) is 9.97. The van der Waals surface area contributed by atoms with Crippen molar-refractivity contribution in [2.24, 2.45) is 17.8 Å². The molecule has 0 N–H and O–H groups in total. The summed E-state index contributed by atoms with van der Waals surface area (Å²) < 4.78 is 49.5. The minimum atomic E-state index is -2.25. The SMILES string of the molecule is CO[C@H]1C([C@@]2(C)O[C@@H]2CC=C(C)C)[C@]2(CC[C@H]1OC(=O)N1CC(CCC3CCN(CC(F)F)CC3)C1)CO2. The molecule has 4 saturated heterocycles. The van der Waals surface area contributed by atoms with E-state index in [0.717, 1.165) is 71.1 Å². The molecule has 216 valence electrons. The van der Waals surface area contributed by atoms with Gasteiger partial charge in [0.1, 0.15) is 23.4 Å². The number of halogens is 2. The van der Waals surface area contributed by atoms with Gasteiger partial charge >= 0.3 is 6.09 Å². The average molecular weight is 541 g/mol. The van der Waals surface area contributed by atoms with E-state index in [1.165, 1.54) is 5.57 Å². The summed E-state index contributed by atoms with van der Waals surface area (Å²) in [5, 5.41) is 0. The van der Waals surface area contributed by atoms with Gasteiger partial charge in [0.15, 0.2) is 0 Å². The van der Waals surface area contributed by atoms with E-state index in [1.807, 2.05) is 9.80 Å². The fourth-order valence-electron chi connectivity index (χ4n) is 7.30. The number of allylic oxidation sites excluding steroid dienone is 1. The molecule has 1 aliphatic carbocycles. The quantitative estimate of drug-likeness (QED) is 0.290. The second-order valence-electron chi connectivity index (χ2n) is 12.8. The van der Waals surface area contributed by atoms with E-state index >= 15 is 0 Å². The van der Waals surface area contributed by atoms with Gasteiger partial charge in [-0.25, -0.2) is 13.6 Å². The lowest BCUT2D eigenvalue weighted by atomic mass is 9.68. The van der Waals surface area contributed by atoms with Gasteiger partial charge in [0.05, 0.1) is 25.2 Å². The van der Waals surface area contributed by atoms with Crippen molar-refractivity contribution in [1.82, 2.24) is 9.80 Å². The predicted octanol–water partition coefficient (Wildman–Crippen LogP) is 4.89. The molecule has 4 heterocycles. The highest BCUT2D eigenvalue weighted by Gasteiger charge is 2.72. The van der Waals surface area contributed by atoms with Crippen LogP contribution in [-0.2, 0) is 18.9 Å². The Hall–Kier alpha value is -1.29. The third-order valence-corrected chi connectivity index (χ3v) is 9.79. The fraction of sp³-hybridized carbons (Fsp3) is 0.897. The van der Waals surface area contributed by atoms with E-state index in [-0.39, 0.29) is 48.1 Å². The number of methoxy groups -OCH3 is 1. The highest BCUT2D eigenvalue weighted by Crippen LogP contribution is 2.59. The first-order valence-corrected chi connectivity index (χ1v) is 14.6. The van der Waals surface area contributed by atoms with Crippen molar-refractivity contribution in [3.05, 3.63) is 11.6 Å². The summed E-state index contributed by atoms with van der Waals surface area (Å²) >= 11 is 0. The van der Waals surface area contributed by atoms with Crippen molar-refractivity contribution in [2.75, 3.05) is 46.4 Å². The molecule has 6 atom stereocenters. The highest BCUT2D eigenvalue weighted by molar-refractivity contribution is 5.69. The molecule has 0 bridgehead atoms. The van der Waals surface area contributed by atoms with Crippen molar-refractivity contribution in [3.63, 3.8) is 0 Å². The topological polar surface area (TPSA) is 67.1 Å². The minimum absolute atomic E-state index is 0.0263. The lowest BCUT2D eigenvalue weighted by molar-refractivity contribution is -0.124. The van der Waals surface area contributed by atoms with Crippen molar-refractivity contribution >= 4 is 6.09 Å². The molecule has 5 fully saturated rings. The summed E-state index contributed by atoms with van der Waals surface area (Å²) in [4.78, 5) is 16.7. The molecule has 1 spiro atoms. The maximum Gasteiger partial charge on any atom is 0.410 e. The summed E-state index contributed by atoms with van der Waals surface area (Å²) in [7, 11) is 1.70. The minimum Gasteiger partial charge on any atom is -0.443 e. The molecule has 0 aromatic heterocycles. The molecular formula is C29H46F2N2O5. The molecule has 0 aromatic rings. The monoisotopic (exact) mass is 540 g/mol. The van der Waals surface area contributed by atoms with Gasteiger partial charge in [0, 0.05) is 20.2 Å². The number of likely N-dealkylation sites (tertiary alicyclic amines) is 2. The number of ether oxygens (including phenoxy) is 4. The Morgan fingerprint density at radius 3 is 2.42 bits per heavy atom. The molecule has 38 heavy (non-hydrogen) atoms. The number of piperidine rings is 1. The van der Waals surface area contributed by atoms with Crippen LogP contribution < -0.4 is 0 Å². The molecule has 1 saturated carbocycles. The van der Waals surface area contributed by atoms with Gasteiger partial charge in [0.25, 0.3) is 6.43 Å². The number of amides is 1. The molecule has 7 nitrogen and oxygen atoms in total. The van der Waals surface area contributed by atoms with Gasteiger partial charge in [0.2, 0.25) is 0 Å². The first-order valence-electron chi connectivity index (χ1n) is 14.6. The Morgan fingerprint density at radius 1 is 1.13 bits per heavy atom. The normalized spacial score (nSPS) is 37.8. The second kappa shape index (κ2) is 11.3. The van der Waals surface area contributed by atoms with Gasteiger partial charge < -0.3 is 23.8 Å². The Balaban J connectivity index is 1.07. The molecule has 5 aliphatic rings. The van der Waals surface area contributed by atoms with Crippen LogP contribution in [-0.4, -0.2) is 98.3 Å². The van der Waals surface area contributed by atoms with E-state index < -0.39 is 6.43 Å². The van der Waals surface area contributed by atoms with Crippen LogP contribution in [0, 0.1) is 17.8 Å². The van der Waals surface area contributed by atoms with Gasteiger partial charge in [-0.1, -0.05) is 11.6 Å². The largest absolute Gasteiger partial charge is 0.443 e. The smallest absolute Gasteiger partial charge is 0.410 e. The number of alkyl halides is 2. The molecule has 0 radical (unpaired) electrons. The second-order valence-corrected chi connectivity index (χ2v) is 12.8. The van der Waals surface area contributed by atoms with Crippen LogP contribution in [0.15, 0.2) is 11.6 Å². The number of carbonyl (C=O) groups excluding carboxylic acids is 1. The molecule has 9 heteroatoms. The molecule has 4 aliphatic heterocycles. The maximum absolute atomic E-state index is 13.0. The zero-order valence-electron chi connectivity index (χ0n) is 23.5. The third-order valence-electron chi connectivity index (χ3n) is 9.79. The van der Waals surface area contributed by atoms with Crippen LogP contribution in [0.25, 0.3) is 0 Å². The molecule has 0 aromatic carbocycles. The van der Waals surface area contributed by atoms with Crippen LogP contribution in [0.4, 0.5) is 13.6 Å². The van der Waals surface area contributed by atoms with Gasteiger partial charge in [-0.2, -0.15) is 0 Å². The van der Waals surface area contributed by atoms with Crippen LogP contribution in [0.3, 0.4) is 0 Å². The highest BCUT2D eigenvalue weighted by atomic mass is 19.3. The summed E-state index contributed by atoms with van der Waals surface area (Å²) in [5.74, 6) is 1.13. The van der Waals surface area contributed by atoms with Crippen LogP contribution >= 0.6 is 0 Å². The maximum atomic E-state index is 13.0. The van der Waals surface area contributed by atoms with Crippen LogP contribution in [0.2, 0.25) is 0 Å². The van der Waals surface area contributed by atoms with E-state index in [0.29, 0.717) is 18.4 Å². The first-order chi connectivity index (χ1) is 18.1. The Morgan fingerprint density at radius 2 is 1.82 bits per heavy atom. The fourth-order valence-corrected chi connectivity index (χ4v) is 7.30.